The van der Waals surface area contributed by atoms with Gasteiger partial charge in [-0.2, -0.15) is 0 Å². The van der Waals surface area contributed by atoms with Crippen LogP contribution in [0.2, 0.25) is 0 Å². The second-order valence-electron chi connectivity index (χ2n) is 6.47. The lowest BCUT2D eigenvalue weighted by Gasteiger charge is -2.32. The molecule has 0 aromatic carbocycles. The van der Waals surface area contributed by atoms with E-state index in [1.54, 1.807) is 23.9 Å². The summed E-state index contributed by atoms with van der Waals surface area (Å²) in [4.78, 5) is 30.2. The highest BCUT2D eigenvalue weighted by Crippen LogP contribution is 2.21. The summed E-state index contributed by atoms with van der Waals surface area (Å²) in [7, 11) is 0. The van der Waals surface area contributed by atoms with E-state index in [1.807, 2.05) is 25.7 Å². The third-order valence-corrected chi connectivity index (χ3v) is 3.91. The topological polar surface area (TPSA) is 55.2 Å². The lowest BCUT2D eigenvalue weighted by Crippen LogP contribution is -2.42. The third kappa shape index (κ3) is 2.92. The van der Waals surface area contributed by atoms with E-state index in [0.29, 0.717) is 5.82 Å². The molecule has 110 valence electrons. The summed E-state index contributed by atoms with van der Waals surface area (Å²) in [6.07, 6.45) is 5.02. The van der Waals surface area contributed by atoms with E-state index in [4.69, 9.17) is 0 Å². The van der Waals surface area contributed by atoms with Gasteiger partial charge < -0.3 is 9.47 Å². The first-order valence-electron chi connectivity index (χ1n) is 7.14. The van der Waals surface area contributed by atoms with E-state index in [1.165, 1.54) is 0 Å². The van der Waals surface area contributed by atoms with Gasteiger partial charge >= 0.3 is 0 Å². The van der Waals surface area contributed by atoms with Gasteiger partial charge in [-0.1, -0.05) is 0 Å². The van der Waals surface area contributed by atoms with Crippen LogP contribution < -0.4 is 10.5 Å². The highest BCUT2D eigenvalue weighted by atomic mass is 16.1. The Labute approximate surface area is 119 Å². The van der Waals surface area contributed by atoms with Crippen molar-refractivity contribution in [3.63, 3.8) is 0 Å². The van der Waals surface area contributed by atoms with Crippen LogP contribution >= 0.6 is 0 Å². The fraction of sp³-hybridized carbons (Fsp3) is 0.667. The number of aromatic nitrogens is 2. The SMILES string of the molecule is CC(=O)C1CCN(c2nccn(C(C)(C)C)c2=O)CC1. The fourth-order valence-electron chi connectivity index (χ4n) is 2.64. The molecule has 0 saturated carbocycles. The van der Waals surface area contributed by atoms with Crippen LogP contribution in [0.25, 0.3) is 0 Å². The van der Waals surface area contributed by atoms with Gasteiger partial charge in [-0.05, 0) is 40.5 Å². The third-order valence-electron chi connectivity index (χ3n) is 3.91. The van der Waals surface area contributed by atoms with Crippen molar-refractivity contribution >= 4 is 11.6 Å². The van der Waals surface area contributed by atoms with E-state index in [0.717, 1.165) is 25.9 Å². The van der Waals surface area contributed by atoms with Crippen molar-refractivity contribution in [1.82, 2.24) is 9.55 Å². The Bertz CT molecular complexity index is 549. The number of anilines is 1. The number of carbonyl (C=O) groups is 1. The Morgan fingerprint density at radius 3 is 2.40 bits per heavy atom. The number of carbonyl (C=O) groups excluding carboxylic acids is 1. The summed E-state index contributed by atoms with van der Waals surface area (Å²) < 4.78 is 1.71. The van der Waals surface area contributed by atoms with Gasteiger partial charge in [-0.15, -0.1) is 0 Å². The monoisotopic (exact) mass is 277 g/mol. The molecule has 1 aromatic rings. The molecule has 0 radical (unpaired) electrons. The number of nitrogens with zero attached hydrogens (tertiary/aromatic N) is 3. The normalized spacial score (nSPS) is 17.3. The molecule has 1 aliphatic rings. The lowest BCUT2D eigenvalue weighted by atomic mass is 9.93. The van der Waals surface area contributed by atoms with Gasteiger partial charge in [-0.25, -0.2) is 4.98 Å². The summed E-state index contributed by atoms with van der Waals surface area (Å²) in [6, 6.07) is 0. The van der Waals surface area contributed by atoms with E-state index in [9.17, 15) is 9.59 Å². The Morgan fingerprint density at radius 1 is 1.30 bits per heavy atom. The first kappa shape index (κ1) is 14.8. The minimum atomic E-state index is -0.257. The first-order chi connectivity index (χ1) is 9.30. The quantitative estimate of drug-likeness (QED) is 0.827. The zero-order chi connectivity index (χ0) is 14.9. The maximum atomic E-state index is 12.5. The molecular formula is C15H23N3O2. The molecule has 2 rings (SSSR count). The zero-order valence-corrected chi connectivity index (χ0v) is 12.7. The first-order valence-corrected chi connectivity index (χ1v) is 7.14. The van der Waals surface area contributed by atoms with E-state index in [-0.39, 0.29) is 22.8 Å². The molecule has 0 amide bonds. The van der Waals surface area contributed by atoms with Crippen LogP contribution in [0.1, 0.15) is 40.5 Å². The average molecular weight is 277 g/mol. The van der Waals surface area contributed by atoms with Gasteiger partial charge in [0.2, 0.25) is 0 Å². The number of Topliss-reactive ketones (excluding diaryl/α,β-unsaturated/α-hetero) is 1. The van der Waals surface area contributed by atoms with Crippen molar-refractivity contribution in [2.75, 3.05) is 18.0 Å². The molecule has 2 heterocycles. The summed E-state index contributed by atoms with van der Waals surface area (Å²) in [5, 5.41) is 0. The van der Waals surface area contributed by atoms with Crippen LogP contribution in [0.5, 0.6) is 0 Å². The minimum absolute atomic E-state index is 0.0544. The molecule has 1 saturated heterocycles. The molecule has 5 heteroatoms. The second-order valence-corrected chi connectivity index (χ2v) is 6.47. The Balaban J connectivity index is 2.23. The van der Waals surface area contributed by atoms with Crippen LogP contribution in [0.3, 0.4) is 0 Å². The van der Waals surface area contributed by atoms with Crippen LogP contribution in [-0.2, 0) is 10.3 Å². The molecule has 0 aliphatic carbocycles. The summed E-state index contributed by atoms with van der Waals surface area (Å²) in [5.41, 5.74) is -0.312. The van der Waals surface area contributed by atoms with Crippen LogP contribution in [0.15, 0.2) is 17.2 Å². The van der Waals surface area contributed by atoms with Crippen molar-refractivity contribution in [2.45, 2.75) is 46.1 Å². The largest absolute Gasteiger partial charge is 0.352 e. The fourth-order valence-corrected chi connectivity index (χ4v) is 2.64. The van der Waals surface area contributed by atoms with Gasteiger partial charge in [0.1, 0.15) is 5.78 Å². The van der Waals surface area contributed by atoms with E-state index in [2.05, 4.69) is 4.98 Å². The highest BCUT2D eigenvalue weighted by molar-refractivity contribution is 5.78. The molecule has 0 N–H and O–H groups in total. The minimum Gasteiger partial charge on any atom is -0.352 e. The van der Waals surface area contributed by atoms with Gasteiger partial charge in [0.15, 0.2) is 5.82 Å². The molecule has 1 aromatic heterocycles. The van der Waals surface area contributed by atoms with Crippen molar-refractivity contribution in [3.05, 3.63) is 22.7 Å². The number of rotatable bonds is 2. The van der Waals surface area contributed by atoms with Gasteiger partial charge in [0.05, 0.1) is 0 Å². The molecule has 20 heavy (non-hydrogen) atoms. The van der Waals surface area contributed by atoms with Crippen molar-refractivity contribution in [1.29, 1.82) is 0 Å². The molecule has 0 unspecified atom stereocenters. The van der Waals surface area contributed by atoms with Gasteiger partial charge in [-0.3, -0.25) is 9.59 Å². The molecular weight excluding hydrogens is 254 g/mol. The summed E-state index contributed by atoms with van der Waals surface area (Å²) >= 11 is 0. The molecule has 5 nitrogen and oxygen atoms in total. The van der Waals surface area contributed by atoms with Crippen molar-refractivity contribution in [3.8, 4) is 0 Å². The number of hydrogen-bond acceptors (Lipinski definition) is 4. The molecule has 1 aliphatic heterocycles. The highest BCUT2D eigenvalue weighted by Gasteiger charge is 2.26. The van der Waals surface area contributed by atoms with Gasteiger partial charge in [0.25, 0.3) is 5.56 Å². The van der Waals surface area contributed by atoms with Crippen molar-refractivity contribution < 1.29 is 4.79 Å². The zero-order valence-electron chi connectivity index (χ0n) is 12.7. The van der Waals surface area contributed by atoms with Crippen LogP contribution in [0, 0.1) is 5.92 Å². The molecule has 1 fully saturated rings. The summed E-state index contributed by atoms with van der Waals surface area (Å²) in [6.45, 7) is 9.09. The maximum Gasteiger partial charge on any atom is 0.293 e. The summed E-state index contributed by atoms with van der Waals surface area (Å²) in [5.74, 6) is 0.891. The van der Waals surface area contributed by atoms with Crippen LogP contribution in [0.4, 0.5) is 5.82 Å². The molecule has 0 spiro atoms. The predicted octanol–water partition coefficient (Wildman–Crippen LogP) is 1.80. The maximum absolute atomic E-state index is 12.5. The van der Waals surface area contributed by atoms with E-state index < -0.39 is 0 Å². The van der Waals surface area contributed by atoms with Crippen LogP contribution in [-0.4, -0.2) is 28.4 Å². The second kappa shape index (κ2) is 5.38. The number of piperidine rings is 1. The molecule has 0 bridgehead atoms. The van der Waals surface area contributed by atoms with Gasteiger partial charge in [0, 0.05) is 36.9 Å². The standard InChI is InChI=1S/C15H23N3O2/c1-11(19)12-5-8-17(9-6-12)13-14(20)18(10-7-16-13)15(2,3)4/h7,10,12H,5-6,8-9H2,1-4H3. The number of hydrogen-bond donors (Lipinski definition) is 0. The smallest absolute Gasteiger partial charge is 0.293 e. The lowest BCUT2D eigenvalue weighted by molar-refractivity contribution is -0.121. The number of ketones is 1. The molecule has 0 atom stereocenters. The Hall–Kier alpha value is -1.65. The Kier molecular flexibility index (Phi) is 3.97. The predicted molar refractivity (Wildman–Crippen MR) is 79.1 cm³/mol. The average Bonchev–Trinajstić information content (AvgIpc) is 2.37. The Morgan fingerprint density at radius 2 is 1.90 bits per heavy atom. The van der Waals surface area contributed by atoms with E-state index >= 15 is 0 Å². The van der Waals surface area contributed by atoms with Crippen molar-refractivity contribution in [2.24, 2.45) is 5.92 Å².